The Morgan fingerprint density at radius 3 is 2.75 bits per heavy atom. The van der Waals surface area contributed by atoms with Crippen LogP contribution in [0.2, 0.25) is 0 Å². The zero-order valence-electron chi connectivity index (χ0n) is 16.0. The van der Waals surface area contributed by atoms with E-state index in [0.29, 0.717) is 24.5 Å². The third-order valence-corrected chi connectivity index (χ3v) is 5.13. The minimum atomic E-state index is -0.0363. The van der Waals surface area contributed by atoms with Crippen LogP contribution in [-0.4, -0.2) is 29.2 Å². The molecule has 1 aliphatic heterocycles. The van der Waals surface area contributed by atoms with Crippen LogP contribution >= 0.6 is 0 Å². The Balaban J connectivity index is 1.35. The van der Waals surface area contributed by atoms with Crippen molar-refractivity contribution in [1.82, 2.24) is 15.5 Å². The molecule has 0 bridgehead atoms. The molecule has 1 unspecified atom stereocenters. The van der Waals surface area contributed by atoms with Gasteiger partial charge in [0.25, 0.3) is 0 Å². The summed E-state index contributed by atoms with van der Waals surface area (Å²) in [6.07, 6.45) is 3.48. The number of nitrogens with one attached hydrogen (secondary N) is 1. The first-order valence-electron chi connectivity index (χ1n) is 9.65. The zero-order chi connectivity index (χ0) is 19.3. The van der Waals surface area contributed by atoms with Gasteiger partial charge in [-0.15, -0.1) is 10.2 Å². The lowest BCUT2D eigenvalue weighted by Crippen LogP contribution is -2.43. The molecule has 1 aliphatic rings. The summed E-state index contributed by atoms with van der Waals surface area (Å²) in [5, 5.41) is 11.7. The summed E-state index contributed by atoms with van der Waals surface area (Å²) in [5.74, 6) is 1.56. The highest BCUT2D eigenvalue weighted by Crippen LogP contribution is 2.23. The van der Waals surface area contributed by atoms with Gasteiger partial charge in [-0.3, -0.25) is 4.79 Å². The number of carbonyl (C=O) groups excluding carboxylic acids is 1. The number of carbonyl (C=O) groups is 1. The van der Waals surface area contributed by atoms with Crippen molar-refractivity contribution in [2.24, 2.45) is 5.92 Å². The number of aromatic nitrogens is 2. The van der Waals surface area contributed by atoms with Gasteiger partial charge in [0.15, 0.2) is 11.6 Å². The van der Waals surface area contributed by atoms with E-state index in [-0.39, 0.29) is 11.8 Å². The number of furan rings is 1. The molecule has 1 aromatic carbocycles. The van der Waals surface area contributed by atoms with E-state index in [2.05, 4.69) is 51.6 Å². The molecule has 1 atom stereocenters. The molecule has 1 N–H and O–H groups in total. The molecule has 3 heterocycles. The van der Waals surface area contributed by atoms with Crippen LogP contribution in [0.1, 0.15) is 24.0 Å². The van der Waals surface area contributed by atoms with Crippen LogP contribution in [0.4, 0.5) is 5.82 Å². The lowest BCUT2D eigenvalue weighted by molar-refractivity contribution is -0.125. The van der Waals surface area contributed by atoms with Crippen LogP contribution in [0.3, 0.4) is 0 Å². The second-order valence-electron chi connectivity index (χ2n) is 7.24. The van der Waals surface area contributed by atoms with Crippen molar-refractivity contribution >= 4 is 11.7 Å². The molecule has 3 aromatic rings. The molecule has 1 saturated heterocycles. The van der Waals surface area contributed by atoms with E-state index >= 15 is 0 Å². The van der Waals surface area contributed by atoms with Crippen LogP contribution in [-0.2, 0) is 11.3 Å². The van der Waals surface area contributed by atoms with E-state index in [1.54, 1.807) is 6.26 Å². The quantitative estimate of drug-likeness (QED) is 0.737. The standard InChI is InChI=1S/C22H24N4O2/c1-16-6-8-17(9-7-16)14-23-22(27)18-4-2-12-26(15-18)21-11-10-19(24-25-21)20-5-3-13-28-20/h3,5-11,13,18H,2,4,12,14-15H2,1H3,(H,23,27). The lowest BCUT2D eigenvalue weighted by atomic mass is 9.97. The molecule has 6 nitrogen and oxygen atoms in total. The first kappa shape index (κ1) is 18.2. The Kier molecular flexibility index (Phi) is 5.37. The van der Waals surface area contributed by atoms with Crippen molar-refractivity contribution in [1.29, 1.82) is 0 Å². The highest BCUT2D eigenvalue weighted by atomic mass is 16.3. The van der Waals surface area contributed by atoms with Gasteiger partial charge in [-0.2, -0.15) is 0 Å². The summed E-state index contributed by atoms with van der Waals surface area (Å²) in [4.78, 5) is 14.8. The first-order chi connectivity index (χ1) is 13.7. The fourth-order valence-corrected chi connectivity index (χ4v) is 3.49. The molecule has 2 aromatic heterocycles. The summed E-state index contributed by atoms with van der Waals surface area (Å²) in [7, 11) is 0. The van der Waals surface area contributed by atoms with Gasteiger partial charge in [0, 0.05) is 19.6 Å². The Hall–Kier alpha value is -3.15. The number of rotatable bonds is 5. The van der Waals surface area contributed by atoms with Crippen molar-refractivity contribution in [2.75, 3.05) is 18.0 Å². The number of piperidine rings is 1. The second-order valence-corrected chi connectivity index (χ2v) is 7.24. The smallest absolute Gasteiger partial charge is 0.225 e. The van der Waals surface area contributed by atoms with Crippen molar-refractivity contribution in [2.45, 2.75) is 26.3 Å². The normalized spacial score (nSPS) is 16.8. The van der Waals surface area contributed by atoms with E-state index in [1.165, 1.54) is 5.56 Å². The van der Waals surface area contributed by atoms with Crippen LogP contribution in [0.5, 0.6) is 0 Å². The maximum atomic E-state index is 12.6. The van der Waals surface area contributed by atoms with E-state index in [9.17, 15) is 4.79 Å². The molecule has 144 valence electrons. The molecule has 4 rings (SSSR count). The van der Waals surface area contributed by atoms with Crippen LogP contribution < -0.4 is 10.2 Å². The van der Waals surface area contributed by atoms with Gasteiger partial charge < -0.3 is 14.6 Å². The van der Waals surface area contributed by atoms with Gasteiger partial charge in [0.1, 0.15) is 5.69 Å². The summed E-state index contributed by atoms with van der Waals surface area (Å²) in [6.45, 7) is 4.17. The van der Waals surface area contributed by atoms with Crippen molar-refractivity contribution in [3.05, 3.63) is 65.9 Å². The number of hydrogen-bond donors (Lipinski definition) is 1. The van der Waals surface area contributed by atoms with Gasteiger partial charge in [0.05, 0.1) is 12.2 Å². The number of hydrogen-bond acceptors (Lipinski definition) is 5. The molecular weight excluding hydrogens is 352 g/mol. The van der Waals surface area contributed by atoms with Crippen LogP contribution in [0.15, 0.2) is 59.2 Å². The number of benzene rings is 1. The summed E-state index contributed by atoms with van der Waals surface area (Å²) in [5.41, 5.74) is 3.04. The van der Waals surface area contributed by atoms with Crippen molar-refractivity contribution in [3.8, 4) is 11.5 Å². The Morgan fingerprint density at radius 1 is 1.18 bits per heavy atom. The minimum absolute atomic E-state index is 0.0363. The van der Waals surface area contributed by atoms with Gasteiger partial charge in [0.2, 0.25) is 5.91 Å². The number of anilines is 1. The summed E-state index contributed by atoms with van der Waals surface area (Å²) < 4.78 is 5.35. The monoisotopic (exact) mass is 376 g/mol. The van der Waals surface area contributed by atoms with Gasteiger partial charge in [-0.25, -0.2) is 0 Å². The predicted octanol–water partition coefficient (Wildman–Crippen LogP) is 3.58. The molecule has 0 radical (unpaired) electrons. The lowest BCUT2D eigenvalue weighted by Gasteiger charge is -2.32. The van der Waals surface area contributed by atoms with Gasteiger partial charge in [-0.1, -0.05) is 29.8 Å². The molecule has 28 heavy (non-hydrogen) atoms. The highest BCUT2D eigenvalue weighted by molar-refractivity contribution is 5.79. The fraction of sp³-hybridized carbons (Fsp3) is 0.318. The van der Waals surface area contributed by atoms with Crippen molar-refractivity contribution < 1.29 is 9.21 Å². The average molecular weight is 376 g/mol. The van der Waals surface area contributed by atoms with Crippen LogP contribution in [0.25, 0.3) is 11.5 Å². The van der Waals surface area contributed by atoms with E-state index < -0.39 is 0 Å². The number of aryl methyl sites for hydroxylation is 1. The molecule has 0 saturated carbocycles. The maximum absolute atomic E-state index is 12.6. The van der Waals surface area contributed by atoms with Crippen LogP contribution in [0, 0.1) is 12.8 Å². The second kappa shape index (κ2) is 8.25. The topological polar surface area (TPSA) is 71.3 Å². The van der Waals surface area contributed by atoms with E-state index in [4.69, 9.17) is 4.42 Å². The molecular formula is C22H24N4O2. The molecule has 1 fully saturated rings. The van der Waals surface area contributed by atoms with Gasteiger partial charge >= 0.3 is 0 Å². The zero-order valence-corrected chi connectivity index (χ0v) is 16.0. The van der Waals surface area contributed by atoms with E-state index in [0.717, 1.165) is 30.8 Å². The number of nitrogens with zero attached hydrogens (tertiary/aromatic N) is 3. The summed E-state index contributed by atoms with van der Waals surface area (Å²) >= 11 is 0. The van der Waals surface area contributed by atoms with E-state index in [1.807, 2.05) is 24.3 Å². The Labute approximate surface area is 164 Å². The predicted molar refractivity (Wildman–Crippen MR) is 108 cm³/mol. The van der Waals surface area contributed by atoms with Gasteiger partial charge in [-0.05, 0) is 49.6 Å². The maximum Gasteiger partial charge on any atom is 0.225 e. The Bertz CT molecular complexity index is 905. The third kappa shape index (κ3) is 4.22. The molecule has 6 heteroatoms. The minimum Gasteiger partial charge on any atom is -0.463 e. The largest absolute Gasteiger partial charge is 0.463 e. The molecule has 0 aliphatic carbocycles. The molecule has 1 amide bonds. The highest BCUT2D eigenvalue weighted by Gasteiger charge is 2.26. The Morgan fingerprint density at radius 2 is 2.04 bits per heavy atom. The van der Waals surface area contributed by atoms with Crippen molar-refractivity contribution in [3.63, 3.8) is 0 Å². The molecule has 0 spiro atoms. The third-order valence-electron chi connectivity index (χ3n) is 5.13. The first-order valence-corrected chi connectivity index (χ1v) is 9.65. The summed E-state index contributed by atoms with van der Waals surface area (Å²) in [6, 6.07) is 15.8. The fourth-order valence-electron chi connectivity index (χ4n) is 3.49. The average Bonchev–Trinajstić information content (AvgIpc) is 3.28. The number of amides is 1. The SMILES string of the molecule is Cc1ccc(CNC(=O)C2CCCN(c3ccc(-c4ccco4)nn3)C2)cc1.